The van der Waals surface area contributed by atoms with Crippen LogP contribution in [0, 0.1) is 0 Å². The highest BCUT2D eigenvalue weighted by molar-refractivity contribution is 7.93. The zero-order valence-corrected chi connectivity index (χ0v) is 12.0. The third kappa shape index (κ3) is 2.89. The van der Waals surface area contributed by atoms with E-state index < -0.39 is 16.0 Å². The first kappa shape index (κ1) is 14.3. The lowest BCUT2D eigenvalue weighted by molar-refractivity contribution is 0.0600. The number of sulfonamides is 1. The minimum atomic E-state index is -3.84. The number of hydrogen-bond donors (Lipinski definition) is 2. The number of nitrogens with zero attached hydrogens (tertiary/aromatic N) is 1. The summed E-state index contributed by atoms with van der Waals surface area (Å²) in [6.45, 7) is 0. The molecule has 0 atom stereocenters. The predicted octanol–water partition coefficient (Wildman–Crippen LogP) is 1.31. The van der Waals surface area contributed by atoms with E-state index in [1.165, 1.54) is 31.5 Å². The van der Waals surface area contributed by atoms with Gasteiger partial charge >= 0.3 is 5.97 Å². The van der Waals surface area contributed by atoms with E-state index in [9.17, 15) is 13.2 Å². The first-order chi connectivity index (χ1) is 9.44. The van der Waals surface area contributed by atoms with Crippen molar-refractivity contribution in [3.8, 4) is 0 Å². The molecule has 0 saturated carbocycles. The number of carbonyl (C=O) groups is 1. The molecule has 0 amide bonds. The second-order valence-corrected chi connectivity index (χ2v) is 6.23. The summed E-state index contributed by atoms with van der Waals surface area (Å²) in [5, 5.41) is 1.88. The van der Waals surface area contributed by atoms with Gasteiger partial charge in [-0.15, -0.1) is 11.3 Å². The van der Waals surface area contributed by atoms with Crippen LogP contribution in [0.15, 0.2) is 34.7 Å². The molecule has 0 unspecified atom stereocenters. The Balaban J connectivity index is 2.35. The van der Waals surface area contributed by atoms with Crippen molar-refractivity contribution in [2.75, 3.05) is 17.6 Å². The number of ether oxygens (including phenoxy) is 1. The Labute approximate surface area is 119 Å². The molecule has 2 aromatic rings. The number of nitrogens with two attached hydrogens (primary N) is 1. The molecule has 7 nitrogen and oxygen atoms in total. The summed E-state index contributed by atoms with van der Waals surface area (Å²) in [6.07, 6.45) is 1.48. The topological polar surface area (TPSA) is 111 Å². The monoisotopic (exact) mass is 313 g/mol. The van der Waals surface area contributed by atoms with E-state index in [2.05, 4.69) is 14.4 Å². The van der Waals surface area contributed by atoms with Crippen molar-refractivity contribution in [3.63, 3.8) is 0 Å². The summed E-state index contributed by atoms with van der Waals surface area (Å²) in [5.74, 6) is -0.589. The fourth-order valence-electron chi connectivity index (χ4n) is 1.48. The fourth-order valence-corrected chi connectivity index (χ4v) is 3.38. The fraction of sp³-hybridized carbons (Fsp3) is 0.0909. The quantitative estimate of drug-likeness (QED) is 0.650. The average molecular weight is 313 g/mol. The molecule has 20 heavy (non-hydrogen) atoms. The van der Waals surface area contributed by atoms with E-state index >= 15 is 0 Å². The molecule has 3 N–H and O–H groups in total. The molecule has 0 bridgehead atoms. The molecular weight excluding hydrogens is 302 g/mol. The van der Waals surface area contributed by atoms with Crippen LogP contribution in [0.4, 0.5) is 10.8 Å². The maximum atomic E-state index is 12.1. The summed E-state index contributed by atoms with van der Waals surface area (Å²) >= 11 is 1.15. The van der Waals surface area contributed by atoms with Crippen molar-refractivity contribution < 1.29 is 17.9 Å². The van der Waals surface area contributed by atoms with Crippen molar-refractivity contribution >= 4 is 38.1 Å². The van der Waals surface area contributed by atoms with Crippen LogP contribution in [0.2, 0.25) is 0 Å². The van der Waals surface area contributed by atoms with Gasteiger partial charge in [0.2, 0.25) is 0 Å². The van der Waals surface area contributed by atoms with E-state index in [0.717, 1.165) is 11.3 Å². The number of esters is 1. The molecule has 106 valence electrons. The van der Waals surface area contributed by atoms with E-state index in [0.29, 0.717) is 0 Å². The Kier molecular flexibility index (Phi) is 3.91. The number of anilines is 2. The van der Waals surface area contributed by atoms with Gasteiger partial charge in [-0.25, -0.2) is 18.2 Å². The van der Waals surface area contributed by atoms with Crippen LogP contribution in [0.1, 0.15) is 10.4 Å². The van der Waals surface area contributed by atoms with E-state index in [1.807, 2.05) is 0 Å². The number of methoxy groups -OCH3 is 1. The standard InChI is InChI=1S/C11H11N3O4S2/c1-18-10(15)7-2-3-9(8(12)6-7)20(16,17)14-11-13-4-5-19-11/h2-6H,12H2,1H3,(H,13,14). The highest BCUT2D eigenvalue weighted by atomic mass is 32.2. The SMILES string of the molecule is COC(=O)c1ccc(S(=O)(=O)Nc2nccs2)c(N)c1. The smallest absolute Gasteiger partial charge is 0.337 e. The molecule has 0 aliphatic carbocycles. The van der Waals surface area contributed by atoms with Crippen molar-refractivity contribution in [1.29, 1.82) is 0 Å². The molecule has 2 rings (SSSR count). The molecule has 0 aliphatic heterocycles. The van der Waals surface area contributed by atoms with E-state index in [-0.39, 0.29) is 21.3 Å². The van der Waals surface area contributed by atoms with Gasteiger partial charge in [0.05, 0.1) is 18.4 Å². The van der Waals surface area contributed by atoms with Crippen LogP contribution in [0.25, 0.3) is 0 Å². The number of benzene rings is 1. The summed E-state index contributed by atoms with van der Waals surface area (Å²) in [5.41, 5.74) is 5.82. The third-order valence-corrected chi connectivity index (χ3v) is 4.61. The first-order valence-electron chi connectivity index (χ1n) is 5.34. The van der Waals surface area contributed by atoms with Gasteiger partial charge in [-0.3, -0.25) is 4.72 Å². The van der Waals surface area contributed by atoms with Gasteiger partial charge in [-0.2, -0.15) is 0 Å². The van der Waals surface area contributed by atoms with Crippen molar-refractivity contribution in [3.05, 3.63) is 35.3 Å². The van der Waals surface area contributed by atoms with Gasteiger partial charge in [-0.05, 0) is 18.2 Å². The number of nitrogens with one attached hydrogen (secondary N) is 1. The number of nitrogen functional groups attached to an aromatic ring is 1. The molecule has 0 aliphatic rings. The van der Waals surface area contributed by atoms with Crippen molar-refractivity contribution in [1.82, 2.24) is 4.98 Å². The summed E-state index contributed by atoms with van der Waals surface area (Å²) < 4.78 is 31.1. The lowest BCUT2D eigenvalue weighted by Gasteiger charge is -2.09. The second-order valence-electron chi connectivity index (χ2n) is 3.69. The van der Waals surface area contributed by atoms with Crippen LogP contribution in [0.3, 0.4) is 0 Å². The zero-order chi connectivity index (χ0) is 14.8. The second kappa shape index (κ2) is 5.47. The molecule has 0 fully saturated rings. The number of hydrogen-bond acceptors (Lipinski definition) is 7. The molecule has 0 spiro atoms. The van der Waals surface area contributed by atoms with Gasteiger partial charge in [-0.1, -0.05) is 0 Å². The minimum Gasteiger partial charge on any atom is -0.465 e. The zero-order valence-electron chi connectivity index (χ0n) is 10.4. The molecule has 1 heterocycles. The number of carbonyl (C=O) groups excluding carboxylic acids is 1. The van der Waals surface area contributed by atoms with Crippen LogP contribution < -0.4 is 10.5 Å². The van der Waals surface area contributed by atoms with E-state index in [4.69, 9.17) is 5.73 Å². The number of aromatic nitrogens is 1. The lowest BCUT2D eigenvalue weighted by Crippen LogP contribution is -2.15. The van der Waals surface area contributed by atoms with Crippen LogP contribution >= 0.6 is 11.3 Å². The van der Waals surface area contributed by atoms with E-state index in [1.54, 1.807) is 5.38 Å². The number of thiazole rings is 1. The highest BCUT2D eigenvalue weighted by Gasteiger charge is 2.20. The molecule has 9 heteroatoms. The normalized spacial score (nSPS) is 11.1. The summed E-state index contributed by atoms with van der Waals surface area (Å²) in [7, 11) is -2.61. The van der Waals surface area contributed by atoms with Crippen LogP contribution in [0.5, 0.6) is 0 Å². The average Bonchev–Trinajstić information content (AvgIpc) is 2.89. The van der Waals surface area contributed by atoms with Crippen LogP contribution in [-0.2, 0) is 14.8 Å². The molecule has 0 radical (unpaired) electrons. The molecule has 0 saturated heterocycles. The number of rotatable bonds is 4. The Morgan fingerprint density at radius 1 is 1.45 bits per heavy atom. The maximum Gasteiger partial charge on any atom is 0.337 e. The predicted molar refractivity (Wildman–Crippen MR) is 75.1 cm³/mol. The lowest BCUT2D eigenvalue weighted by atomic mass is 10.2. The molecular formula is C11H11N3O4S2. The Hall–Kier alpha value is -2.13. The molecule has 1 aromatic carbocycles. The third-order valence-electron chi connectivity index (χ3n) is 2.37. The summed E-state index contributed by atoms with van der Waals surface area (Å²) in [6, 6.07) is 3.83. The van der Waals surface area contributed by atoms with Gasteiger partial charge in [0, 0.05) is 11.6 Å². The Morgan fingerprint density at radius 3 is 2.75 bits per heavy atom. The Morgan fingerprint density at radius 2 is 2.20 bits per heavy atom. The van der Waals surface area contributed by atoms with Gasteiger partial charge in [0.25, 0.3) is 10.0 Å². The van der Waals surface area contributed by atoms with Gasteiger partial charge in [0.15, 0.2) is 5.13 Å². The van der Waals surface area contributed by atoms with Gasteiger partial charge in [0.1, 0.15) is 4.90 Å². The first-order valence-corrected chi connectivity index (χ1v) is 7.70. The largest absolute Gasteiger partial charge is 0.465 e. The Bertz CT molecular complexity index is 726. The molecule has 1 aromatic heterocycles. The van der Waals surface area contributed by atoms with Crippen molar-refractivity contribution in [2.45, 2.75) is 4.90 Å². The summed E-state index contributed by atoms with van der Waals surface area (Å²) in [4.78, 5) is 15.0. The van der Waals surface area contributed by atoms with Gasteiger partial charge < -0.3 is 10.5 Å². The minimum absolute atomic E-state index is 0.0445. The van der Waals surface area contributed by atoms with Crippen LogP contribution in [-0.4, -0.2) is 26.5 Å². The highest BCUT2D eigenvalue weighted by Crippen LogP contribution is 2.23. The van der Waals surface area contributed by atoms with Crippen molar-refractivity contribution in [2.24, 2.45) is 0 Å². The maximum absolute atomic E-state index is 12.1.